The molecule has 1 aliphatic rings. The van der Waals surface area contributed by atoms with Crippen molar-refractivity contribution in [1.82, 2.24) is 0 Å². The van der Waals surface area contributed by atoms with E-state index < -0.39 is 5.97 Å². The quantitative estimate of drug-likeness (QED) is 0.739. The van der Waals surface area contributed by atoms with Gasteiger partial charge in [0.25, 0.3) is 0 Å². The van der Waals surface area contributed by atoms with E-state index in [-0.39, 0.29) is 22.0 Å². The first-order valence-electron chi connectivity index (χ1n) is 7.88. The fourth-order valence-electron chi connectivity index (χ4n) is 2.95. The lowest BCUT2D eigenvalue weighted by atomic mass is 9.91. The average molecular weight is 360 g/mol. The van der Waals surface area contributed by atoms with Gasteiger partial charge in [-0.1, -0.05) is 48.2 Å². The number of carboxylic acids is 1. The summed E-state index contributed by atoms with van der Waals surface area (Å²) in [7, 11) is 0. The minimum atomic E-state index is -1.07. The third-order valence-corrected chi connectivity index (χ3v) is 5.32. The van der Waals surface area contributed by atoms with E-state index in [0.29, 0.717) is 16.0 Å². The van der Waals surface area contributed by atoms with Crippen molar-refractivity contribution in [3.63, 3.8) is 0 Å². The van der Waals surface area contributed by atoms with Crippen LogP contribution in [0.3, 0.4) is 0 Å². The molecule has 0 spiro atoms. The highest BCUT2D eigenvalue weighted by atomic mass is 32.2. The number of thioether (sulfide) groups is 1. The summed E-state index contributed by atoms with van der Waals surface area (Å²) in [5, 5.41) is 11.1. The lowest BCUT2D eigenvalue weighted by molar-refractivity contribution is 0.0692. The molecule has 1 aliphatic carbocycles. The zero-order valence-electron chi connectivity index (χ0n) is 13.4. The Hall–Kier alpha value is -3.18. The van der Waals surface area contributed by atoms with Crippen LogP contribution in [-0.2, 0) is 0 Å². The van der Waals surface area contributed by atoms with Gasteiger partial charge in [-0.15, -0.1) is 0 Å². The Morgan fingerprint density at radius 3 is 2.15 bits per heavy atom. The van der Waals surface area contributed by atoms with Gasteiger partial charge in [-0.05, 0) is 35.0 Å². The van der Waals surface area contributed by atoms with Crippen molar-refractivity contribution in [3.8, 4) is 0 Å². The maximum absolute atomic E-state index is 12.9. The smallest absolute Gasteiger partial charge is 0.336 e. The SMILES string of the molecule is O=C(O)c1ccccc1SC1=CC(=O)c2cc3ccccc3cc2C1=O. The number of allylic oxidation sites excluding steroid dienone is 2. The number of carboxylic acid groups (broad SMARTS) is 1. The molecule has 3 aromatic carbocycles. The van der Waals surface area contributed by atoms with Crippen LogP contribution >= 0.6 is 11.8 Å². The molecule has 0 saturated heterocycles. The predicted octanol–water partition coefficient (Wildman–Crippen LogP) is 4.59. The molecule has 4 nitrogen and oxygen atoms in total. The van der Waals surface area contributed by atoms with Gasteiger partial charge in [0.05, 0.1) is 10.5 Å². The highest BCUT2D eigenvalue weighted by molar-refractivity contribution is 8.04. The van der Waals surface area contributed by atoms with Gasteiger partial charge in [-0.2, -0.15) is 0 Å². The molecule has 1 N–H and O–H groups in total. The van der Waals surface area contributed by atoms with Gasteiger partial charge < -0.3 is 5.11 Å². The lowest BCUT2D eigenvalue weighted by Crippen LogP contribution is -2.15. The predicted molar refractivity (Wildman–Crippen MR) is 100.0 cm³/mol. The standard InChI is InChI=1S/C21H12O4S/c22-17-11-19(26-18-8-4-3-7-14(18)21(24)25)20(23)16-10-13-6-2-1-5-12(13)9-15(16)17/h1-11H,(H,24,25). The van der Waals surface area contributed by atoms with Crippen LogP contribution in [0.25, 0.3) is 10.8 Å². The molecule has 0 heterocycles. The van der Waals surface area contributed by atoms with Gasteiger partial charge in [-0.3, -0.25) is 9.59 Å². The molecule has 0 fully saturated rings. The van der Waals surface area contributed by atoms with E-state index in [9.17, 15) is 19.5 Å². The first kappa shape index (κ1) is 16.3. The van der Waals surface area contributed by atoms with Gasteiger partial charge >= 0.3 is 5.97 Å². The Morgan fingerprint density at radius 1 is 0.846 bits per heavy atom. The number of fused-ring (bicyclic) bond motifs is 2. The van der Waals surface area contributed by atoms with Crippen molar-refractivity contribution in [2.75, 3.05) is 0 Å². The van der Waals surface area contributed by atoms with E-state index in [1.807, 2.05) is 24.3 Å². The minimum absolute atomic E-state index is 0.1000. The first-order valence-corrected chi connectivity index (χ1v) is 8.70. The molecule has 0 aromatic heterocycles. The molecule has 0 saturated carbocycles. The Balaban J connectivity index is 1.78. The fourth-order valence-corrected chi connectivity index (χ4v) is 3.97. The Kier molecular flexibility index (Phi) is 3.93. The van der Waals surface area contributed by atoms with Crippen LogP contribution in [0.4, 0.5) is 0 Å². The second-order valence-corrected chi connectivity index (χ2v) is 6.93. The van der Waals surface area contributed by atoms with Crippen LogP contribution in [0.2, 0.25) is 0 Å². The number of hydrogen-bond acceptors (Lipinski definition) is 4. The fraction of sp³-hybridized carbons (Fsp3) is 0. The summed E-state index contributed by atoms with van der Waals surface area (Å²) >= 11 is 1.01. The number of benzene rings is 3. The van der Waals surface area contributed by atoms with Crippen LogP contribution < -0.4 is 0 Å². The zero-order chi connectivity index (χ0) is 18.3. The molecule has 0 atom stereocenters. The van der Waals surface area contributed by atoms with E-state index in [4.69, 9.17) is 0 Å². The number of aromatic carboxylic acids is 1. The number of carbonyl (C=O) groups is 3. The molecule has 4 rings (SSSR count). The molecule has 26 heavy (non-hydrogen) atoms. The summed E-state index contributed by atoms with van der Waals surface area (Å²) in [5.74, 6) is -1.59. The highest BCUT2D eigenvalue weighted by Gasteiger charge is 2.27. The molecule has 0 unspecified atom stereocenters. The molecule has 0 radical (unpaired) electrons. The van der Waals surface area contributed by atoms with Crippen molar-refractivity contribution in [1.29, 1.82) is 0 Å². The monoisotopic (exact) mass is 360 g/mol. The zero-order valence-corrected chi connectivity index (χ0v) is 14.2. The maximum atomic E-state index is 12.9. The van der Waals surface area contributed by atoms with Crippen molar-refractivity contribution in [2.45, 2.75) is 4.90 Å². The van der Waals surface area contributed by atoms with E-state index in [0.717, 1.165) is 22.5 Å². The summed E-state index contributed by atoms with van der Waals surface area (Å²) in [6.45, 7) is 0. The topological polar surface area (TPSA) is 71.4 Å². The molecular formula is C21H12O4S. The number of Topliss-reactive ketones (excluding diaryl/α,β-unsaturated/α-hetero) is 1. The summed E-state index contributed by atoms with van der Waals surface area (Å²) < 4.78 is 0. The highest BCUT2D eigenvalue weighted by Crippen LogP contribution is 2.36. The van der Waals surface area contributed by atoms with Crippen LogP contribution in [0.1, 0.15) is 31.1 Å². The molecule has 0 bridgehead atoms. The maximum Gasteiger partial charge on any atom is 0.336 e. The summed E-state index contributed by atoms with van der Waals surface area (Å²) in [6, 6.07) is 17.4. The van der Waals surface area contributed by atoms with Gasteiger partial charge in [0.1, 0.15) is 0 Å². The molecule has 0 amide bonds. The second kappa shape index (κ2) is 6.28. The summed E-state index contributed by atoms with van der Waals surface area (Å²) in [6.07, 6.45) is 1.29. The largest absolute Gasteiger partial charge is 0.478 e. The number of carbonyl (C=O) groups excluding carboxylic acids is 2. The second-order valence-electron chi connectivity index (χ2n) is 5.85. The Morgan fingerprint density at radius 2 is 1.46 bits per heavy atom. The van der Waals surface area contributed by atoms with Crippen molar-refractivity contribution < 1.29 is 19.5 Å². The molecule has 5 heteroatoms. The summed E-state index contributed by atoms with van der Waals surface area (Å²) in [4.78, 5) is 37.5. The molecule has 3 aromatic rings. The van der Waals surface area contributed by atoms with Gasteiger partial charge in [0, 0.05) is 22.1 Å². The van der Waals surface area contributed by atoms with Crippen LogP contribution in [0.15, 0.2) is 76.5 Å². The Labute approximate surface area is 153 Å². The number of rotatable bonds is 3. The van der Waals surface area contributed by atoms with Crippen LogP contribution in [0, 0.1) is 0 Å². The van der Waals surface area contributed by atoms with E-state index in [2.05, 4.69) is 0 Å². The van der Waals surface area contributed by atoms with Crippen molar-refractivity contribution in [2.24, 2.45) is 0 Å². The first-order chi connectivity index (χ1) is 12.5. The van der Waals surface area contributed by atoms with Gasteiger partial charge in [0.2, 0.25) is 5.78 Å². The minimum Gasteiger partial charge on any atom is -0.478 e. The van der Waals surface area contributed by atoms with Crippen LogP contribution in [-0.4, -0.2) is 22.6 Å². The van der Waals surface area contributed by atoms with Crippen molar-refractivity contribution in [3.05, 3.63) is 88.3 Å². The van der Waals surface area contributed by atoms with Crippen molar-refractivity contribution >= 4 is 40.1 Å². The molecule has 0 aliphatic heterocycles. The van der Waals surface area contributed by atoms with E-state index in [1.165, 1.54) is 12.1 Å². The van der Waals surface area contributed by atoms with Gasteiger partial charge in [0.15, 0.2) is 5.78 Å². The molecular weight excluding hydrogens is 348 g/mol. The summed E-state index contributed by atoms with van der Waals surface area (Å²) in [5.41, 5.74) is 0.832. The number of hydrogen-bond donors (Lipinski definition) is 1. The average Bonchev–Trinajstić information content (AvgIpc) is 2.65. The number of ketones is 2. The third kappa shape index (κ3) is 2.72. The third-order valence-electron chi connectivity index (χ3n) is 4.22. The van der Waals surface area contributed by atoms with Crippen LogP contribution in [0.5, 0.6) is 0 Å². The molecule has 126 valence electrons. The van der Waals surface area contributed by atoms with Gasteiger partial charge in [-0.25, -0.2) is 4.79 Å². The van der Waals surface area contributed by atoms with E-state index in [1.54, 1.807) is 30.3 Å². The Bertz CT molecular complexity index is 1130. The lowest BCUT2D eigenvalue weighted by Gasteiger charge is -2.16. The van der Waals surface area contributed by atoms with E-state index >= 15 is 0 Å². The normalized spacial score (nSPS) is 13.5.